The molecular formula is C15H9F3N4O4. The molecule has 8 nitrogen and oxygen atoms in total. The summed E-state index contributed by atoms with van der Waals surface area (Å²) >= 11 is 0. The molecule has 0 fully saturated rings. The van der Waals surface area contributed by atoms with Crippen LogP contribution in [-0.2, 0) is 0 Å². The van der Waals surface area contributed by atoms with Crippen LogP contribution in [-0.4, -0.2) is 21.4 Å². The van der Waals surface area contributed by atoms with Crippen molar-refractivity contribution in [2.75, 3.05) is 0 Å². The third kappa shape index (κ3) is 3.71. The van der Waals surface area contributed by atoms with Gasteiger partial charge in [0.15, 0.2) is 5.69 Å². The number of aromatic nitrogens is 1. The van der Waals surface area contributed by atoms with Crippen molar-refractivity contribution in [3.05, 3.63) is 52.6 Å². The number of aromatic hydroxyl groups is 1. The first kappa shape index (κ1) is 17.2. The van der Waals surface area contributed by atoms with Crippen molar-refractivity contribution >= 4 is 28.0 Å². The van der Waals surface area contributed by atoms with Gasteiger partial charge in [-0.1, -0.05) is 6.07 Å². The zero-order chi connectivity index (χ0) is 18.9. The number of alkyl halides is 3. The fourth-order valence-corrected chi connectivity index (χ4v) is 2.22. The number of non-ortho nitro benzene ring substituents is 1. The van der Waals surface area contributed by atoms with Gasteiger partial charge < -0.3 is 14.8 Å². The average molecular weight is 366 g/mol. The third-order valence-corrected chi connectivity index (χ3v) is 3.26. The lowest BCUT2D eigenvalue weighted by Crippen LogP contribution is -2.16. The fraction of sp³-hybridized carbons (Fsp3) is 0.0667. The van der Waals surface area contributed by atoms with Crippen LogP contribution in [0, 0.1) is 10.1 Å². The Morgan fingerprint density at radius 3 is 2.62 bits per heavy atom. The molecule has 0 aliphatic heterocycles. The van der Waals surface area contributed by atoms with Crippen LogP contribution in [0.4, 0.5) is 30.2 Å². The molecule has 0 unspecified atom stereocenters. The molecule has 1 aromatic heterocycles. The Bertz CT molecular complexity index is 1010. The Labute approximate surface area is 142 Å². The van der Waals surface area contributed by atoms with E-state index in [1.807, 2.05) is 0 Å². The number of fused-ring (bicyclic) bond motifs is 1. The van der Waals surface area contributed by atoms with E-state index in [2.05, 4.69) is 19.9 Å². The summed E-state index contributed by atoms with van der Waals surface area (Å²) in [6.45, 7) is 0. The summed E-state index contributed by atoms with van der Waals surface area (Å²) in [5.41, 5.74) is 0.116. The molecule has 0 amide bonds. The number of halogens is 3. The van der Waals surface area contributed by atoms with Gasteiger partial charge in [0.2, 0.25) is 5.88 Å². The Balaban J connectivity index is 1.98. The van der Waals surface area contributed by atoms with Crippen molar-refractivity contribution in [3.8, 4) is 11.6 Å². The van der Waals surface area contributed by atoms with Crippen molar-refractivity contribution in [3.63, 3.8) is 0 Å². The smallest absolute Gasteiger partial charge is 0.493 e. The monoisotopic (exact) mass is 366 g/mol. The maximum absolute atomic E-state index is 12.3. The van der Waals surface area contributed by atoms with Gasteiger partial charge in [0.05, 0.1) is 16.1 Å². The van der Waals surface area contributed by atoms with Crippen LogP contribution in [0.25, 0.3) is 10.9 Å². The van der Waals surface area contributed by atoms with Crippen LogP contribution in [0.15, 0.2) is 52.7 Å². The normalized spacial score (nSPS) is 12.0. The van der Waals surface area contributed by atoms with Crippen molar-refractivity contribution in [2.45, 2.75) is 6.36 Å². The number of azo groups is 1. The quantitative estimate of drug-likeness (QED) is 0.380. The highest BCUT2D eigenvalue weighted by atomic mass is 19.4. The molecule has 1 heterocycles. The van der Waals surface area contributed by atoms with Crippen molar-refractivity contribution in [1.82, 2.24) is 4.98 Å². The molecule has 0 saturated carbocycles. The average Bonchev–Trinajstić information content (AvgIpc) is 2.86. The van der Waals surface area contributed by atoms with Gasteiger partial charge in [-0.2, -0.15) is 5.11 Å². The van der Waals surface area contributed by atoms with Gasteiger partial charge in [-0.05, 0) is 24.3 Å². The number of rotatable bonds is 4. The molecular weight excluding hydrogens is 357 g/mol. The Morgan fingerprint density at radius 2 is 1.92 bits per heavy atom. The van der Waals surface area contributed by atoms with Crippen molar-refractivity contribution in [2.24, 2.45) is 10.2 Å². The molecule has 134 valence electrons. The number of ether oxygens (including phenoxy) is 1. The van der Waals surface area contributed by atoms with E-state index in [4.69, 9.17) is 0 Å². The van der Waals surface area contributed by atoms with E-state index in [-0.39, 0.29) is 22.4 Å². The van der Waals surface area contributed by atoms with E-state index >= 15 is 0 Å². The second kappa shape index (κ2) is 6.35. The van der Waals surface area contributed by atoms with Gasteiger partial charge in [0.25, 0.3) is 5.69 Å². The van der Waals surface area contributed by atoms with Gasteiger partial charge in [0.1, 0.15) is 5.75 Å². The number of nitro groups is 1. The molecule has 3 aromatic rings. The lowest BCUT2D eigenvalue weighted by atomic mass is 10.2. The molecule has 26 heavy (non-hydrogen) atoms. The lowest BCUT2D eigenvalue weighted by Gasteiger charge is -2.08. The molecule has 2 aromatic carbocycles. The number of hydrogen-bond acceptors (Lipinski definition) is 6. The van der Waals surface area contributed by atoms with Crippen LogP contribution < -0.4 is 4.74 Å². The summed E-state index contributed by atoms with van der Waals surface area (Å²) in [6.07, 6.45) is -4.86. The molecule has 0 aliphatic rings. The van der Waals surface area contributed by atoms with Gasteiger partial charge in [-0.25, -0.2) is 0 Å². The predicted molar refractivity (Wildman–Crippen MR) is 83.9 cm³/mol. The van der Waals surface area contributed by atoms with Gasteiger partial charge >= 0.3 is 6.36 Å². The van der Waals surface area contributed by atoms with E-state index in [1.54, 1.807) is 0 Å². The van der Waals surface area contributed by atoms with Crippen LogP contribution in [0.3, 0.4) is 0 Å². The highest BCUT2D eigenvalue weighted by Crippen LogP contribution is 2.39. The van der Waals surface area contributed by atoms with Gasteiger partial charge in [0, 0.05) is 17.5 Å². The molecule has 11 heteroatoms. The minimum atomic E-state index is -4.86. The molecule has 0 aliphatic carbocycles. The van der Waals surface area contributed by atoms with Crippen molar-refractivity contribution in [1.29, 1.82) is 0 Å². The first-order chi connectivity index (χ1) is 12.2. The fourth-order valence-electron chi connectivity index (χ4n) is 2.22. The number of aromatic amines is 1. The minimum absolute atomic E-state index is 0.126. The number of hydrogen-bond donors (Lipinski definition) is 2. The highest BCUT2D eigenvalue weighted by Gasteiger charge is 2.31. The Morgan fingerprint density at radius 1 is 1.15 bits per heavy atom. The number of nitro benzene ring substituents is 1. The summed E-state index contributed by atoms with van der Waals surface area (Å²) < 4.78 is 40.9. The summed E-state index contributed by atoms with van der Waals surface area (Å²) in [6, 6.07) is 8.67. The summed E-state index contributed by atoms with van der Waals surface area (Å²) in [7, 11) is 0. The van der Waals surface area contributed by atoms with E-state index in [1.165, 1.54) is 24.3 Å². The zero-order valence-electron chi connectivity index (χ0n) is 12.7. The largest absolute Gasteiger partial charge is 0.573 e. The van der Waals surface area contributed by atoms with Crippen LogP contribution in [0.5, 0.6) is 11.6 Å². The topological polar surface area (TPSA) is 113 Å². The number of nitrogens with one attached hydrogen (secondary N) is 1. The molecule has 2 N–H and O–H groups in total. The molecule has 3 rings (SSSR count). The molecule has 0 bridgehead atoms. The SMILES string of the molecule is O=[N+]([O-])c1cccc(N=Nc2c(O)[nH]c3ccc(OC(F)(F)F)cc23)c1. The minimum Gasteiger partial charge on any atom is -0.493 e. The molecule has 0 radical (unpaired) electrons. The number of nitrogens with zero attached hydrogens (tertiary/aromatic N) is 3. The van der Waals surface area contributed by atoms with Crippen molar-refractivity contribution < 1.29 is 27.9 Å². The molecule has 0 spiro atoms. The third-order valence-electron chi connectivity index (χ3n) is 3.26. The van der Waals surface area contributed by atoms with Crippen LogP contribution in [0.2, 0.25) is 0 Å². The van der Waals surface area contributed by atoms with E-state index in [0.717, 1.165) is 18.2 Å². The second-order valence-corrected chi connectivity index (χ2v) is 5.05. The number of H-pyrrole nitrogens is 1. The van der Waals surface area contributed by atoms with Crippen LogP contribution >= 0.6 is 0 Å². The molecule has 0 saturated heterocycles. The number of benzene rings is 2. The highest BCUT2D eigenvalue weighted by molar-refractivity contribution is 5.95. The van der Waals surface area contributed by atoms with Gasteiger partial charge in [-0.15, -0.1) is 18.3 Å². The summed E-state index contributed by atoms with van der Waals surface area (Å²) in [5.74, 6) is -0.908. The van der Waals surface area contributed by atoms with Gasteiger partial charge in [-0.3, -0.25) is 10.1 Å². The zero-order valence-corrected chi connectivity index (χ0v) is 12.7. The standard InChI is InChI=1S/C15H9F3N4O4/c16-15(17,18)26-10-4-5-12-11(7-10)13(14(23)19-12)21-20-8-2-1-3-9(6-8)22(24)25/h1-7,19,23H. The first-order valence-corrected chi connectivity index (χ1v) is 6.99. The van der Waals surface area contributed by atoms with E-state index in [9.17, 15) is 28.4 Å². The van der Waals surface area contributed by atoms with Crippen LogP contribution in [0.1, 0.15) is 0 Å². The maximum atomic E-state index is 12.3. The lowest BCUT2D eigenvalue weighted by molar-refractivity contribution is -0.384. The van der Waals surface area contributed by atoms with E-state index < -0.39 is 22.9 Å². The van der Waals surface area contributed by atoms with E-state index in [0.29, 0.717) is 5.52 Å². The first-order valence-electron chi connectivity index (χ1n) is 6.99. The second-order valence-electron chi connectivity index (χ2n) is 5.05. The maximum Gasteiger partial charge on any atom is 0.573 e. The molecule has 0 atom stereocenters. The Hall–Kier alpha value is -3.63. The Kier molecular flexibility index (Phi) is 4.20. The summed E-state index contributed by atoms with van der Waals surface area (Å²) in [5, 5.41) is 28.4. The summed E-state index contributed by atoms with van der Waals surface area (Å²) in [4.78, 5) is 12.7. The predicted octanol–water partition coefficient (Wildman–Crippen LogP) is 5.10.